The van der Waals surface area contributed by atoms with Crippen molar-refractivity contribution in [3.8, 4) is 11.1 Å². The molecule has 3 rings (SSSR count). The predicted octanol–water partition coefficient (Wildman–Crippen LogP) is 4.82. The Morgan fingerprint density at radius 1 is 0.667 bits per heavy atom. The van der Waals surface area contributed by atoms with Gasteiger partial charge < -0.3 is 0 Å². The predicted molar refractivity (Wildman–Crippen MR) is 96.6 cm³/mol. The number of thiophene rings is 1. The van der Waals surface area contributed by atoms with E-state index in [1.54, 1.807) is 11.3 Å². The molecule has 2 radical (unpaired) electrons. The Hall–Kier alpha value is -0.120. The molecule has 0 aliphatic heterocycles. The molecule has 0 fully saturated rings. The molecule has 3 aromatic rings. The largest absolute Gasteiger partial charge is 0.144 e. The molecule has 0 nitrogen and oxygen atoms in total. The van der Waals surface area contributed by atoms with Crippen molar-refractivity contribution in [3.63, 3.8) is 0 Å². The second-order valence-electron chi connectivity index (χ2n) is 4.30. The summed E-state index contributed by atoms with van der Waals surface area (Å²) in [4.78, 5) is 1.28. The molecule has 3 heteroatoms. The third kappa shape index (κ3) is 5.22. The minimum Gasteiger partial charge on any atom is -0.144 e. The van der Waals surface area contributed by atoms with Crippen LogP contribution < -0.4 is 0 Å². The van der Waals surface area contributed by atoms with Crippen molar-refractivity contribution in [2.24, 2.45) is 0 Å². The van der Waals surface area contributed by atoms with Gasteiger partial charge in [0.1, 0.15) is 0 Å². The Labute approximate surface area is 174 Å². The minimum atomic E-state index is 0. The smallest absolute Gasteiger partial charge is 0.0270 e. The molecule has 0 atom stereocenters. The average Bonchev–Trinajstić information content (AvgIpc) is 3.00. The molecule has 0 saturated heterocycles. The van der Waals surface area contributed by atoms with Crippen LogP contribution in [0.2, 0.25) is 0 Å². The topological polar surface area (TPSA) is 0 Å². The summed E-state index contributed by atoms with van der Waals surface area (Å²) in [6, 6.07) is 23.2. The van der Waals surface area contributed by atoms with Crippen LogP contribution in [-0.2, 0) is 0 Å². The van der Waals surface area contributed by atoms with Crippen LogP contribution in [0.3, 0.4) is 0 Å². The molecule has 0 saturated carbocycles. The van der Waals surface area contributed by atoms with Gasteiger partial charge in [0.15, 0.2) is 0 Å². The molecule has 0 amide bonds. The average molecular weight is 308 g/mol. The quantitative estimate of drug-likeness (QED) is 0.608. The van der Waals surface area contributed by atoms with Gasteiger partial charge >= 0.3 is 0 Å². The zero-order chi connectivity index (χ0) is 12.9. The fourth-order valence-corrected chi connectivity index (χ4v) is 2.70. The van der Waals surface area contributed by atoms with E-state index in [2.05, 4.69) is 78.2 Å². The van der Waals surface area contributed by atoms with Crippen molar-refractivity contribution in [3.05, 3.63) is 82.6 Å². The summed E-state index contributed by atoms with van der Waals surface area (Å²) in [5, 5.41) is 2.10. The summed E-state index contributed by atoms with van der Waals surface area (Å²) in [5.41, 5.74) is 3.78. The molecule has 0 aliphatic rings. The van der Waals surface area contributed by atoms with Crippen LogP contribution in [0.15, 0.2) is 72.1 Å². The standard InChI is InChI=1S/C18H14S.2Na/c1-2-7-15(8-3-1)18-11-5-4-9-16(18)12-13-17-10-6-14-19-17;;/h1-14H;;. The van der Waals surface area contributed by atoms with E-state index >= 15 is 0 Å². The van der Waals surface area contributed by atoms with Gasteiger partial charge in [-0.05, 0) is 34.2 Å². The Morgan fingerprint density at radius 2 is 1.38 bits per heavy atom. The van der Waals surface area contributed by atoms with Crippen molar-refractivity contribution >= 4 is 82.6 Å². The van der Waals surface area contributed by atoms with E-state index in [1.807, 2.05) is 6.07 Å². The fraction of sp³-hybridized carbons (Fsp3) is 0. The number of rotatable bonds is 3. The summed E-state index contributed by atoms with van der Waals surface area (Å²) >= 11 is 1.76. The normalized spacial score (nSPS) is 9.90. The zero-order valence-corrected chi connectivity index (χ0v) is 17.3. The van der Waals surface area contributed by atoms with Crippen molar-refractivity contribution < 1.29 is 0 Å². The van der Waals surface area contributed by atoms with Crippen LogP contribution in [0, 0.1) is 0 Å². The summed E-state index contributed by atoms with van der Waals surface area (Å²) in [6.07, 6.45) is 4.36. The van der Waals surface area contributed by atoms with Crippen molar-refractivity contribution in [2.75, 3.05) is 0 Å². The van der Waals surface area contributed by atoms with Gasteiger partial charge in [0, 0.05) is 64.0 Å². The molecule has 0 spiro atoms. The second-order valence-corrected chi connectivity index (χ2v) is 5.28. The molecule has 1 aromatic heterocycles. The SMILES string of the molecule is C(=Cc1ccccc1-c1ccccc1)c1cccs1.[Na].[Na]. The summed E-state index contributed by atoms with van der Waals surface area (Å²) in [5.74, 6) is 0. The first-order chi connectivity index (χ1) is 9.43. The first-order valence-corrected chi connectivity index (χ1v) is 7.17. The minimum absolute atomic E-state index is 0. The summed E-state index contributed by atoms with van der Waals surface area (Å²) in [6.45, 7) is 0. The van der Waals surface area contributed by atoms with Gasteiger partial charge in [0.25, 0.3) is 0 Å². The van der Waals surface area contributed by atoms with Crippen molar-refractivity contribution in [1.29, 1.82) is 0 Å². The molecule has 0 aliphatic carbocycles. The summed E-state index contributed by atoms with van der Waals surface area (Å²) in [7, 11) is 0. The molecule has 2 aromatic carbocycles. The Kier molecular flexibility index (Phi) is 8.84. The van der Waals surface area contributed by atoms with Gasteiger partial charge in [-0.15, -0.1) is 11.3 Å². The molecule has 21 heavy (non-hydrogen) atoms. The van der Waals surface area contributed by atoms with Crippen LogP contribution in [0.5, 0.6) is 0 Å². The van der Waals surface area contributed by atoms with Crippen molar-refractivity contribution in [2.45, 2.75) is 0 Å². The van der Waals surface area contributed by atoms with Crippen LogP contribution in [0.25, 0.3) is 23.3 Å². The van der Waals surface area contributed by atoms with E-state index < -0.39 is 0 Å². The first kappa shape index (κ1) is 18.9. The van der Waals surface area contributed by atoms with Crippen LogP contribution >= 0.6 is 11.3 Å². The van der Waals surface area contributed by atoms with Gasteiger partial charge in [-0.2, -0.15) is 0 Å². The molecule has 0 unspecified atom stereocenters. The maximum Gasteiger partial charge on any atom is 0.0270 e. The molecule has 0 N–H and O–H groups in total. The molecular formula is C18H14Na2S. The van der Waals surface area contributed by atoms with Gasteiger partial charge in [0.05, 0.1) is 0 Å². The van der Waals surface area contributed by atoms with E-state index in [0.29, 0.717) is 0 Å². The number of hydrogen-bond acceptors (Lipinski definition) is 1. The number of hydrogen-bond donors (Lipinski definition) is 0. The van der Waals surface area contributed by atoms with Crippen LogP contribution in [-0.4, -0.2) is 59.1 Å². The first-order valence-electron chi connectivity index (χ1n) is 6.29. The van der Waals surface area contributed by atoms with Gasteiger partial charge in [0.2, 0.25) is 0 Å². The molecular weight excluding hydrogens is 294 g/mol. The zero-order valence-electron chi connectivity index (χ0n) is 12.5. The second kappa shape index (κ2) is 9.81. The fourth-order valence-electron chi connectivity index (χ4n) is 2.08. The Morgan fingerprint density at radius 3 is 2.10 bits per heavy atom. The van der Waals surface area contributed by atoms with E-state index in [4.69, 9.17) is 0 Å². The Bertz CT molecular complexity index is 673. The van der Waals surface area contributed by atoms with Gasteiger partial charge in [-0.1, -0.05) is 66.7 Å². The Balaban J connectivity index is 0.00000110. The van der Waals surface area contributed by atoms with E-state index in [1.165, 1.54) is 21.6 Å². The molecule has 94 valence electrons. The molecule has 1 heterocycles. The number of benzene rings is 2. The third-order valence-electron chi connectivity index (χ3n) is 3.02. The van der Waals surface area contributed by atoms with E-state index in [0.717, 1.165) is 0 Å². The van der Waals surface area contributed by atoms with E-state index in [-0.39, 0.29) is 59.1 Å². The van der Waals surface area contributed by atoms with Gasteiger partial charge in [-0.3, -0.25) is 0 Å². The van der Waals surface area contributed by atoms with Crippen LogP contribution in [0.1, 0.15) is 10.4 Å². The monoisotopic (exact) mass is 308 g/mol. The summed E-state index contributed by atoms with van der Waals surface area (Å²) < 4.78 is 0. The van der Waals surface area contributed by atoms with E-state index in [9.17, 15) is 0 Å². The molecule has 0 bridgehead atoms. The van der Waals surface area contributed by atoms with Crippen molar-refractivity contribution in [1.82, 2.24) is 0 Å². The van der Waals surface area contributed by atoms with Crippen LogP contribution in [0.4, 0.5) is 0 Å². The maximum atomic E-state index is 2.19. The maximum absolute atomic E-state index is 2.19. The van der Waals surface area contributed by atoms with Gasteiger partial charge in [-0.25, -0.2) is 0 Å². The third-order valence-corrected chi connectivity index (χ3v) is 3.85.